The smallest absolute Gasteiger partial charge is 0.326 e. The number of hydrogen-bond donors (Lipinski definition) is 6. The van der Waals surface area contributed by atoms with Gasteiger partial charge in [-0.15, -0.1) is 0 Å². The Kier molecular flexibility index (Phi) is 11.9. The van der Waals surface area contributed by atoms with Crippen LogP contribution in [0.2, 0.25) is 0 Å². The third-order valence-electron chi connectivity index (χ3n) is 7.01. The first-order valence-corrected chi connectivity index (χ1v) is 13.6. The van der Waals surface area contributed by atoms with Gasteiger partial charge in [-0.3, -0.25) is 24.2 Å². The number of carbonyl (C=O) groups excluding carboxylic acids is 4. The summed E-state index contributed by atoms with van der Waals surface area (Å²) in [7, 11) is 0. The second-order valence-corrected chi connectivity index (χ2v) is 10.7. The normalized spacial score (nSPS) is 21.3. The fraction of sp³-hybridized carbons (Fsp3) is 0.760. The molecule has 5 atom stereocenters. The summed E-state index contributed by atoms with van der Waals surface area (Å²) in [5.41, 5.74) is 16.6. The lowest BCUT2D eigenvalue weighted by Gasteiger charge is -2.30. The van der Waals surface area contributed by atoms with Crippen LogP contribution in [0, 0.1) is 5.92 Å². The predicted octanol–water partition coefficient (Wildman–Crippen LogP) is -1.53. The molecule has 14 nitrogen and oxygen atoms in total. The highest BCUT2D eigenvalue weighted by molar-refractivity contribution is 5.95. The van der Waals surface area contributed by atoms with Crippen molar-refractivity contribution in [3.8, 4) is 0 Å². The van der Waals surface area contributed by atoms with Crippen LogP contribution in [0.5, 0.6) is 0 Å². The molecule has 0 spiro atoms. The molecule has 2 saturated heterocycles. The van der Waals surface area contributed by atoms with Gasteiger partial charge in [-0.25, -0.2) is 4.79 Å². The molecule has 2 aliphatic rings. The summed E-state index contributed by atoms with van der Waals surface area (Å²) in [5, 5.41) is 14.7. The van der Waals surface area contributed by atoms with Gasteiger partial charge in [-0.05, 0) is 57.8 Å². The van der Waals surface area contributed by atoms with Gasteiger partial charge in [0.2, 0.25) is 23.6 Å². The summed E-state index contributed by atoms with van der Waals surface area (Å²) < 4.78 is 0. The van der Waals surface area contributed by atoms with Crippen molar-refractivity contribution in [2.45, 2.75) is 95.9 Å². The van der Waals surface area contributed by atoms with Gasteiger partial charge >= 0.3 is 5.97 Å². The van der Waals surface area contributed by atoms with Crippen LogP contribution in [-0.4, -0.2) is 100 Å². The monoisotopic (exact) mass is 552 g/mol. The zero-order valence-electron chi connectivity index (χ0n) is 23.1. The van der Waals surface area contributed by atoms with E-state index in [9.17, 15) is 29.1 Å². The standard InChI is InChI=1S/C25H44N8O6/c1-14(2)13-16(26)23(37)33-12-6-8-18(33)20(34)30-15(3)22(36)32-11-5-9-19(32)21(35)31-17(24(38)39)7-4-10-29-25(27)28/h14-19H,4-13,26H2,1-3H3,(H,30,34)(H,31,35)(H,38,39)(H4,27,28,29). The number of aliphatic imine (C=N–C) groups is 1. The highest BCUT2D eigenvalue weighted by atomic mass is 16.4. The van der Waals surface area contributed by atoms with Crippen LogP contribution in [0.4, 0.5) is 0 Å². The van der Waals surface area contributed by atoms with E-state index in [2.05, 4.69) is 15.6 Å². The molecule has 4 amide bonds. The lowest BCUT2D eigenvalue weighted by atomic mass is 10.0. The van der Waals surface area contributed by atoms with Crippen LogP contribution in [-0.2, 0) is 24.0 Å². The minimum Gasteiger partial charge on any atom is -0.480 e. The molecule has 220 valence electrons. The summed E-state index contributed by atoms with van der Waals surface area (Å²) in [5.74, 6) is -2.80. The van der Waals surface area contributed by atoms with Crippen LogP contribution in [0.1, 0.15) is 65.7 Å². The molecule has 2 heterocycles. The van der Waals surface area contributed by atoms with Gasteiger partial charge in [0.1, 0.15) is 24.2 Å². The molecule has 14 heteroatoms. The number of amides is 4. The van der Waals surface area contributed by atoms with Crippen LogP contribution < -0.4 is 27.8 Å². The molecular weight excluding hydrogens is 508 g/mol. The summed E-state index contributed by atoms with van der Waals surface area (Å²) >= 11 is 0. The highest BCUT2D eigenvalue weighted by Gasteiger charge is 2.40. The fourth-order valence-corrected chi connectivity index (χ4v) is 5.08. The SMILES string of the molecule is CC(C)CC(N)C(=O)N1CCCC1C(=O)NC(C)C(=O)N1CCCC1C(=O)NC(CCCN=C(N)N)C(=O)O. The molecule has 2 rings (SSSR count). The number of carboxylic acid groups (broad SMARTS) is 1. The number of carboxylic acids is 1. The predicted molar refractivity (Wildman–Crippen MR) is 144 cm³/mol. The molecule has 0 aromatic carbocycles. The van der Waals surface area contributed by atoms with Crippen molar-refractivity contribution in [3.05, 3.63) is 0 Å². The van der Waals surface area contributed by atoms with E-state index in [1.807, 2.05) is 13.8 Å². The Morgan fingerprint density at radius 3 is 1.97 bits per heavy atom. The molecule has 0 radical (unpaired) electrons. The molecule has 0 aromatic rings. The van der Waals surface area contributed by atoms with Gasteiger partial charge in [0, 0.05) is 19.6 Å². The Bertz CT molecular complexity index is 938. The number of nitrogens with one attached hydrogen (secondary N) is 2. The topological polar surface area (TPSA) is 227 Å². The van der Waals surface area contributed by atoms with E-state index in [4.69, 9.17) is 17.2 Å². The second kappa shape index (κ2) is 14.7. The minimum absolute atomic E-state index is 0.103. The maximum atomic E-state index is 13.2. The molecule has 2 fully saturated rings. The minimum atomic E-state index is -1.20. The zero-order valence-corrected chi connectivity index (χ0v) is 23.1. The summed E-state index contributed by atoms with van der Waals surface area (Å²) in [6.45, 7) is 6.42. The zero-order chi connectivity index (χ0) is 29.3. The Morgan fingerprint density at radius 1 is 0.923 bits per heavy atom. The van der Waals surface area contributed by atoms with Crippen molar-refractivity contribution in [2.75, 3.05) is 19.6 Å². The van der Waals surface area contributed by atoms with E-state index in [-0.39, 0.29) is 30.8 Å². The van der Waals surface area contributed by atoms with Crippen molar-refractivity contribution in [2.24, 2.45) is 28.1 Å². The quantitative estimate of drug-likeness (QED) is 0.0883. The lowest BCUT2D eigenvalue weighted by Crippen LogP contribution is -2.57. The number of hydrogen-bond acceptors (Lipinski definition) is 7. The highest BCUT2D eigenvalue weighted by Crippen LogP contribution is 2.22. The third-order valence-corrected chi connectivity index (χ3v) is 7.01. The average molecular weight is 553 g/mol. The van der Waals surface area contributed by atoms with E-state index in [0.717, 1.165) is 0 Å². The number of rotatable bonds is 13. The molecule has 2 aliphatic heterocycles. The van der Waals surface area contributed by atoms with E-state index >= 15 is 0 Å². The van der Waals surface area contributed by atoms with Crippen LogP contribution >= 0.6 is 0 Å². The summed E-state index contributed by atoms with van der Waals surface area (Å²) in [6.07, 6.45) is 3.03. The van der Waals surface area contributed by atoms with Crippen molar-refractivity contribution >= 4 is 35.6 Å². The maximum Gasteiger partial charge on any atom is 0.326 e. The number of nitrogens with two attached hydrogens (primary N) is 3. The van der Waals surface area contributed by atoms with Gasteiger partial charge in [0.15, 0.2) is 5.96 Å². The fourth-order valence-electron chi connectivity index (χ4n) is 5.08. The molecule has 0 bridgehead atoms. The number of guanidine groups is 1. The summed E-state index contributed by atoms with van der Waals surface area (Å²) in [4.78, 5) is 70.4. The van der Waals surface area contributed by atoms with E-state index in [0.29, 0.717) is 51.6 Å². The summed E-state index contributed by atoms with van der Waals surface area (Å²) in [6, 6.07) is -4.35. The Morgan fingerprint density at radius 2 is 1.46 bits per heavy atom. The van der Waals surface area contributed by atoms with Crippen molar-refractivity contribution in [1.29, 1.82) is 0 Å². The maximum absolute atomic E-state index is 13.2. The van der Waals surface area contributed by atoms with Crippen LogP contribution in [0.25, 0.3) is 0 Å². The first-order chi connectivity index (χ1) is 18.3. The van der Waals surface area contributed by atoms with Gasteiger partial charge in [-0.1, -0.05) is 13.8 Å². The number of aliphatic carboxylic acids is 1. The number of likely N-dealkylation sites (tertiary alicyclic amines) is 2. The first-order valence-electron chi connectivity index (χ1n) is 13.6. The molecule has 39 heavy (non-hydrogen) atoms. The molecular formula is C25H44N8O6. The lowest BCUT2D eigenvalue weighted by molar-refractivity contribution is -0.145. The molecule has 0 aromatic heterocycles. The first kappa shape index (κ1) is 31.8. The number of carbonyl (C=O) groups is 5. The Labute approximate surface area is 229 Å². The van der Waals surface area contributed by atoms with Crippen molar-refractivity contribution in [3.63, 3.8) is 0 Å². The van der Waals surface area contributed by atoms with Gasteiger partial charge in [0.25, 0.3) is 0 Å². The van der Waals surface area contributed by atoms with Crippen LogP contribution in [0.15, 0.2) is 4.99 Å². The van der Waals surface area contributed by atoms with Crippen molar-refractivity contribution in [1.82, 2.24) is 20.4 Å². The van der Waals surface area contributed by atoms with Gasteiger partial charge < -0.3 is 42.7 Å². The van der Waals surface area contributed by atoms with E-state index in [1.54, 1.807) is 0 Å². The van der Waals surface area contributed by atoms with E-state index < -0.39 is 53.9 Å². The third kappa shape index (κ3) is 9.08. The van der Waals surface area contributed by atoms with Crippen molar-refractivity contribution < 1.29 is 29.1 Å². The number of nitrogens with zero attached hydrogens (tertiary/aromatic N) is 3. The second-order valence-electron chi connectivity index (χ2n) is 10.7. The average Bonchev–Trinajstić information content (AvgIpc) is 3.54. The largest absolute Gasteiger partial charge is 0.480 e. The Hall–Kier alpha value is -3.42. The molecule has 9 N–H and O–H groups in total. The molecule has 5 unspecified atom stereocenters. The molecule has 0 saturated carbocycles. The molecule has 0 aliphatic carbocycles. The van der Waals surface area contributed by atoms with E-state index in [1.165, 1.54) is 16.7 Å². The van der Waals surface area contributed by atoms with Crippen LogP contribution in [0.3, 0.4) is 0 Å². The van der Waals surface area contributed by atoms with Gasteiger partial charge in [0.05, 0.1) is 6.04 Å². The Balaban J connectivity index is 1.97. The van der Waals surface area contributed by atoms with Gasteiger partial charge in [-0.2, -0.15) is 0 Å².